The molecule has 0 radical (unpaired) electrons. The highest BCUT2D eigenvalue weighted by Crippen LogP contribution is 2.50. The van der Waals surface area contributed by atoms with Gasteiger partial charge in [0.05, 0.1) is 43.3 Å². The van der Waals surface area contributed by atoms with E-state index in [1.807, 2.05) is 17.0 Å². The summed E-state index contributed by atoms with van der Waals surface area (Å²) in [7, 11) is 0. The number of nitriles is 1. The van der Waals surface area contributed by atoms with Crippen molar-refractivity contribution in [3.05, 3.63) is 53.9 Å². The molecule has 1 saturated carbocycles. The van der Waals surface area contributed by atoms with Crippen LogP contribution in [0.15, 0.2) is 42.7 Å². The van der Waals surface area contributed by atoms with Crippen LogP contribution in [0.2, 0.25) is 0 Å². The summed E-state index contributed by atoms with van der Waals surface area (Å²) in [5.41, 5.74) is 2.10. The molecule has 1 amide bonds. The Balaban J connectivity index is 1.01. The Labute approximate surface area is 198 Å². The number of morpholine rings is 1. The van der Waals surface area contributed by atoms with Gasteiger partial charge in [0.2, 0.25) is 5.95 Å². The van der Waals surface area contributed by atoms with Gasteiger partial charge in [-0.3, -0.25) is 9.80 Å². The smallest absolute Gasteiger partial charge is 0.410 e. The normalized spacial score (nSPS) is 25.9. The standard InChI is InChI=1S/C25H28N6O3/c26-8-19-9-27-23(28-10-19)30-12-20-14-33-15-21(13-30)31(20)24(32)34-22-6-25(7-22)16-29(17-25)11-18-4-2-1-3-5-18/h1-5,9-10,20-22H,6-7,11-17H2. The number of hydrogen-bond acceptors (Lipinski definition) is 8. The topological polar surface area (TPSA) is 94.8 Å². The van der Waals surface area contributed by atoms with Crippen LogP contribution in [0, 0.1) is 16.7 Å². The number of carbonyl (C=O) groups excluding carboxylic acids is 1. The summed E-state index contributed by atoms with van der Waals surface area (Å²) in [6, 6.07) is 12.4. The van der Waals surface area contributed by atoms with Crippen molar-refractivity contribution in [1.82, 2.24) is 19.8 Å². The second kappa shape index (κ2) is 8.53. The average molecular weight is 461 g/mol. The van der Waals surface area contributed by atoms with Crippen molar-refractivity contribution in [3.63, 3.8) is 0 Å². The SMILES string of the molecule is N#Cc1cnc(N2CC3COCC(C2)N3C(=O)OC2CC3(C2)CN(Cc2ccccc2)C3)nc1. The van der Waals surface area contributed by atoms with Crippen molar-refractivity contribution in [2.24, 2.45) is 5.41 Å². The largest absolute Gasteiger partial charge is 0.446 e. The molecular weight excluding hydrogens is 432 g/mol. The van der Waals surface area contributed by atoms with Crippen LogP contribution in [-0.2, 0) is 16.0 Å². The van der Waals surface area contributed by atoms with Gasteiger partial charge in [-0.25, -0.2) is 14.8 Å². The fourth-order valence-corrected chi connectivity index (χ4v) is 5.97. The third kappa shape index (κ3) is 3.97. The Morgan fingerprint density at radius 2 is 1.79 bits per heavy atom. The van der Waals surface area contributed by atoms with Gasteiger partial charge in [0, 0.05) is 38.1 Å². The molecule has 1 aliphatic carbocycles. The zero-order valence-electron chi connectivity index (χ0n) is 19.0. The van der Waals surface area contributed by atoms with Gasteiger partial charge in [-0.15, -0.1) is 0 Å². The summed E-state index contributed by atoms with van der Waals surface area (Å²) in [5, 5.41) is 8.97. The molecule has 4 aliphatic rings. The van der Waals surface area contributed by atoms with Gasteiger partial charge in [-0.2, -0.15) is 5.26 Å². The number of anilines is 1. The number of likely N-dealkylation sites (tertiary alicyclic amines) is 1. The average Bonchev–Trinajstić information content (AvgIpc) is 2.81. The van der Waals surface area contributed by atoms with E-state index in [9.17, 15) is 4.79 Å². The quantitative estimate of drug-likeness (QED) is 0.684. The molecule has 4 fully saturated rings. The molecule has 1 aromatic carbocycles. The highest BCUT2D eigenvalue weighted by molar-refractivity contribution is 5.70. The molecule has 6 rings (SSSR count). The van der Waals surface area contributed by atoms with Crippen molar-refractivity contribution >= 4 is 12.0 Å². The Morgan fingerprint density at radius 1 is 1.12 bits per heavy atom. The molecule has 9 heteroatoms. The first-order chi connectivity index (χ1) is 16.6. The number of benzene rings is 1. The Kier molecular flexibility index (Phi) is 5.35. The van der Waals surface area contributed by atoms with E-state index < -0.39 is 0 Å². The lowest BCUT2D eigenvalue weighted by molar-refractivity contribution is -0.142. The fraction of sp³-hybridized carbons (Fsp3) is 0.520. The summed E-state index contributed by atoms with van der Waals surface area (Å²) >= 11 is 0. The van der Waals surface area contributed by atoms with Crippen LogP contribution in [0.4, 0.5) is 10.7 Å². The van der Waals surface area contributed by atoms with Gasteiger partial charge in [0.25, 0.3) is 0 Å². The minimum atomic E-state index is -0.223. The van der Waals surface area contributed by atoms with E-state index in [1.54, 1.807) is 0 Å². The van der Waals surface area contributed by atoms with Crippen molar-refractivity contribution in [2.75, 3.05) is 44.3 Å². The molecule has 176 valence electrons. The molecule has 1 spiro atoms. The maximum Gasteiger partial charge on any atom is 0.410 e. The lowest BCUT2D eigenvalue weighted by atomic mass is 9.61. The first-order valence-electron chi connectivity index (χ1n) is 11.9. The van der Waals surface area contributed by atoms with E-state index in [-0.39, 0.29) is 24.3 Å². The van der Waals surface area contributed by atoms with Crippen molar-refractivity contribution < 1.29 is 14.3 Å². The highest BCUT2D eigenvalue weighted by Gasteiger charge is 2.54. The van der Waals surface area contributed by atoms with Crippen LogP contribution >= 0.6 is 0 Å². The minimum Gasteiger partial charge on any atom is -0.446 e. The van der Waals surface area contributed by atoms with E-state index in [2.05, 4.69) is 44.0 Å². The number of fused-ring (bicyclic) bond motifs is 2. The third-order valence-corrected chi connectivity index (χ3v) is 7.49. The molecule has 0 N–H and O–H groups in total. The molecule has 2 unspecified atom stereocenters. The molecular formula is C25H28N6O3. The predicted molar refractivity (Wildman–Crippen MR) is 123 cm³/mol. The molecule has 2 aromatic rings. The first-order valence-corrected chi connectivity index (χ1v) is 11.9. The summed E-state index contributed by atoms with van der Waals surface area (Å²) in [5.74, 6) is 0.579. The molecule has 34 heavy (non-hydrogen) atoms. The summed E-state index contributed by atoms with van der Waals surface area (Å²) in [6.07, 6.45) is 4.75. The molecule has 4 heterocycles. The molecule has 9 nitrogen and oxygen atoms in total. The monoisotopic (exact) mass is 460 g/mol. The van der Waals surface area contributed by atoms with Gasteiger partial charge >= 0.3 is 6.09 Å². The lowest BCUT2D eigenvalue weighted by Crippen LogP contribution is -2.68. The second-order valence-corrected chi connectivity index (χ2v) is 10.1. The lowest BCUT2D eigenvalue weighted by Gasteiger charge is -2.59. The molecule has 2 bridgehead atoms. The molecule has 2 atom stereocenters. The van der Waals surface area contributed by atoms with Gasteiger partial charge in [0.1, 0.15) is 12.2 Å². The van der Waals surface area contributed by atoms with Gasteiger partial charge < -0.3 is 14.4 Å². The van der Waals surface area contributed by atoms with Crippen LogP contribution < -0.4 is 4.90 Å². The maximum atomic E-state index is 13.1. The van der Waals surface area contributed by atoms with Crippen molar-refractivity contribution in [2.45, 2.75) is 37.6 Å². The third-order valence-electron chi connectivity index (χ3n) is 7.49. The molecule has 3 saturated heterocycles. The Hall–Kier alpha value is -3.22. The zero-order chi connectivity index (χ0) is 23.1. The van der Waals surface area contributed by atoms with E-state index in [0.717, 1.165) is 32.5 Å². The van der Waals surface area contributed by atoms with Gasteiger partial charge in [0.15, 0.2) is 0 Å². The number of nitrogens with zero attached hydrogens (tertiary/aromatic N) is 6. The highest BCUT2D eigenvalue weighted by atomic mass is 16.6. The van der Waals surface area contributed by atoms with Crippen LogP contribution in [0.25, 0.3) is 0 Å². The first kappa shape index (κ1) is 21.3. The predicted octanol–water partition coefficient (Wildman–Crippen LogP) is 2.04. The number of amides is 1. The van der Waals surface area contributed by atoms with Crippen LogP contribution in [0.1, 0.15) is 24.0 Å². The summed E-state index contributed by atoms with van der Waals surface area (Å²) < 4.78 is 11.7. The van der Waals surface area contributed by atoms with Gasteiger partial charge in [-0.1, -0.05) is 30.3 Å². The Bertz CT molecular complexity index is 1060. The fourth-order valence-electron chi connectivity index (χ4n) is 5.97. The minimum absolute atomic E-state index is 0.00732. The van der Waals surface area contributed by atoms with Crippen LogP contribution in [-0.4, -0.2) is 83.4 Å². The Morgan fingerprint density at radius 3 is 2.44 bits per heavy atom. The van der Waals surface area contributed by atoms with Gasteiger partial charge in [-0.05, 0) is 18.4 Å². The maximum absolute atomic E-state index is 13.1. The van der Waals surface area contributed by atoms with E-state index >= 15 is 0 Å². The molecule has 1 aromatic heterocycles. The number of hydrogen-bond donors (Lipinski definition) is 0. The number of carbonyl (C=O) groups is 1. The number of ether oxygens (including phenoxy) is 2. The van der Waals surface area contributed by atoms with Crippen molar-refractivity contribution in [1.29, 1.82) is 5.26 Å². The summed E-state index contributed by atoms with van der Waals surface area (Å²) in [6.45, 7) is 5.27. The van der Waals surface area contributed by atoms with Crippen molar-refractivity contribution in [3.8, 4) is 6.07 Å². The van der Waals surface area contributed by atoms with Crippen LogP contribution in [0.5, 0.6) is 0 Å². The zero-order valence-corrected chi connectivity index (χ0v) is 19.0. The van der Waals surface area contributed by atoms with E-state index in [4.69, 9.17) is 14.7 Å². The second-order valence-electron chi connectivity index (χ2n) is 10.1. The summed E-state index contributed by atoms with van der Waals surface area (Å²) in [4.78, 5) is 28.2. The molecule has 3 aliphatic heterocycles. The van der Waals surface area contributed by atoms with E-state index in [0.29, 0.717) is 43.2 Å². The van der Waals surface area contributed by atoms with Crippen LogP contribution in [0.3, 0.4) is 0 Å². The number of rotatable bonds is 4. The number of piperazine rings is 1. The van der Waals surface area contributed by atoms with E-state index in [1.165, 1.54) is 18.0 Å². The number of aromatic nitrogens is 2.